The van der Waals surface area contributed by atoms with Crippen LogP contribution < -0.4 is 15.2 Å². The Morgan fingerprint density at radius 3 is 2.78 bits per heavy atom. The molecule has 0 aromatic heterocycles. The summed E-state index contributed by atoms with van der Waals surface area (Å²) < 4.78 is 10.5. The second kappa shape index (κ2) is 5.73. The first-order chi connectivity index (χ1) is 8.70. The maximum Gasteiger partial charge on any atom is 0.415 e. The summed E-state index contributed by atoms with van der Waals surface area (Å²) in [5, 5.41) is 0. The monoisotopic (exact) mass is 250 g/mol. The van der Waals surface area contributed by atoms with Crippen molar-refractivity contribution >= 4 is 6.09 Å². The number of amides is 1. The van der Waals surface area contributed by atoms with Crippen molar-refractivity contribution in [3.8, 4) is 11.5 Å². The van der Waals surface area contributed by atoms with Crippen LogP contribution in [0.3, 0.4) is 0 Å². The van der Waals surface area contributed by atoms with Crippen LogP contribution in [-0.4, -0.2) is 37.2 Å². The summed E-state index contributed by atoms with van der Waals surface area (Å²) in [6, 6.07) is 7.13. The molecule has 1 aromatic rings. The summed E-state index contributed by atoms with van der Waals surface area (Å²) in [5.74, 6) is 0.983. The molecule has 2 N–H and O–H groups in total. The molecule has 1 heterocycles. The van der Waals surface area contributed by atoms with Crippen LogP contribution in [-0.2, 0) is 0 Å². The zero-order chi connectivity index (χ0) is 13.0. The van der Waals surface area contributed by atoms with E-state index in [1.165, 1.54) is 0 Å². The van der Waals surface area contributed by atoms with Gasteiger partial charge in [0.05, 0.1) is 7.11 Å². The van der Waals surface area contributed by atoms with E-state index in [-0.39, 0.29) is 12.1 Å². The Labute approximate surface area is 106 Å². The highest BCUT2D eigenvalue weighted by molar-refractivity contribution is 5.71. The Morgan fingerprint density at radius 1 is 1.39 bits per heavy atom. The molecule has 1 saturated heterocycles. The minimum Gasteiger partial charge on any atom is -0.493 e. The topological polar surface area (TPSA) is 64.8 Å². The van der Waals surface area contributed by atoms with Gasteiger partial charge in [0.15, 0.2) is 11.5 Å². The first kappa shape index (κ1) is 12.7. The van der Waals surface area contributed by atoms with Crippen LogP contribution in [0, 0.1) is 0 Å². The van der Waals surface area contributed by atoms with Gasteiger partial charge in [-0.1, -0.05) is 12.1 Å². The third-order valence-corrected chi connectivity index (χ3v) is 2.98. The van der Waals surface area contributed by atoms with Gasteiger partial charge in [0.2, 0.25) is 0 Å². The molecular weight excluding hydrogens is 232 g/mol. The van der Waals surface area contributed by atoms with Crippen molar-refractivity contribution < 1.29 is 14.3 Å². The molecule has 98 valence electrons. The van der Waals surface area contributed by atoms with E-state index in [1.54, 1.807) is 30.2 Å². The predicted molar refractivity (Wildman–Crippen MR) is 67.8 cm³/mol. The van der Waals surface area contributed by atoms with Gasteiger partial charge < -0.3 is 20.1 Å². The summed E-state index contributed by atoms with van der Waals surface area (Å²) in [6.45, 7) is 1.25. The summed E-state index contributed by atoms with van der Waals surface area (Å²) in [7, 11) is 1.55. The van der Waals surface area contributed by atoms with Crippen LogP contribution in [0.25, 0.3) is 0 Å². The summed E-state index contributed by atoms with van der Waals surface area (Å²) in [4.78, 5) is 13.6. The van der Waals surface area contributed by atoms with Crippen molar-refractivity contribution in [3.63, 3.8) is 0 Å². The van der Waals surface area contributed by atoms with Crippen molar-refractivity contribution in [1.82, 2.24) is 4.90 Å². The molecule has 0 bridgehead atoms. The lowest BCUT2D eigenvalue weighted by molar-refractivity contribution is 0.136. The first-order valence-electron chi connectivity index (χ1n) is 6.06. The van der Waals surface area contributed by atoms with Gasteiger partial charge in [-0.15, -0.1) is 0 Å². The van der Waals surface area contributed by atoms with Crippen molar-refractivity contribution in [2.75, 3.05) is 20.2 Å². The number of carbonyl (C=O) groups is 1. The van der Waals surface area contributed by atoms with E-state index >= 15 is 0 Å². The van der Waals surface area contributed by atoms with Crippen LogP contribution in [0.2, 0.25) is 0 Å². The number of hydrogen-bond donors (Lipinski definition) is 1. The highest BCUT2D eigenvalue weighted by atomic mass is 16.6. The minimum atomic E-state index is -0.366. The molecule has 5 nitrogen and oxygen atoms in total. The summed E-state index contributed by atoms with van der Waals surface area (Å²) in [6.07, 6.45) is 1.51. The largest absolute Gasteiger partial charge is 0.493 e. The molecule has 1 aromatic carbocycles. The van der Waals surface area contributed by atoms with Gasteiger partial charge in [0.1, 0.15) is 0 Å². The average Bonchev–Trinajstić information content (AvgIpc) is 2.39. The van der Waals surface area contributed by atoms with Crippen molar-refractivity contribution in [2.24, 2.45) is 5.73 Å². The third-order valence-electron chi connectivity index (χ3n) is 2.98. The van der Waals surface area contributed by atoms with Crippen LogP contribution >= 0.6 is 0 Å². The number of piperidine rings is 1. The molecular formula is C13H18N2O3. The average molecular weight is 250 g/mol. The minimum absolute atomic E-state index is 0.0453. The number of methoxy groups -OCH3 is 1. The highest BCUT2D eigenvalue weighted by Crippen LogP contribution is 2.26. The second-order valence-electron chi connectivity index (χ2n) is 4.37. The number of hydrogen-bond acceptors (Lipinski definition) is 4. The molecule has 0 saturated carbocycles. The number of nitrogens with two attached hydrogens (primary N) is 1. The van der Waals surface area contributed by atoms with E-state index in [9.17, 15) is 4.79 Å². The molecule has 1 fully saturated rings. The predicted octanol–water partition coefficient (Wildman–Crippen LogP) is 1.62. The fourth-order valence-electron chi connectivity index (χ4n) is 2.04. The normalized spacial score (nSPS) is 19.4. The fraction of sp³-hybridized carbons (Fsp3) is 0.462. The van der Waals surface area contributed by atoms with Crippen LogP contribution in [0.4, 0.5) is 4.79 Å². The molecule has 1 aliphatic rings. The maximum absolute atomic E-state index is 12.0. The van der Waals surface area contributed by atoms with E-state index in [4.69, 9.17) is 15.2 Å². The van der Waals surface area contributed by atoms with E-state index in [0.717, 1.165) is 12.8 Å². The van der Waals surface area contributed by atoms with Crippen LogP contribution in [0.5, 0.6) is 11.5 Å². The Hall–Kier alpha value is -1.75. The molecule has 0 radical (unpaired) electrons. The van der Waals surface area contributed by atoms with Gasteiger partial charge in [-0.2, -0.15) is 0 Å². The van der Waals surface area contributed by atoms with E-state index in [0.29, 0.717) is 24.6 Å². The summed E-state index contributed by atoms with van der Waals surface area (Å²) in [5.41, 5.74) is 5.84. The lowest BCUT2D eigenvalue weighted by Gasteiger charge is -2.29. The fourth-order valence-corrected chi connectivity index (χ4v) is 2.04. The van der Waals surface area contributed by atoms with E-state index in [2.05, 4.69) is 0 Å². The molecule has 18 heavy (non-hydrogen) atoms. The molecule has 0 aliphatic carbocycles. The lowest BCUT2D eigenvalue weighted by atomic mass is 10.1. The van der Waals surface area contributed by atoms with Crippen LogP contribution in [0.15, 0.2) is 24.3 Å². The standard InChI is InChI=1S/C13H18N2O3/c1-17-11-6-2-3-7-12(11)18-13(16)15-8-4-5-10(14)9-15/h2-3,6-7,10H,4-5,8-9,14H2,1H3. The third kappa shape index (κ3) is 2.92. The van der Waals surface area contributed by atoms with Gasteiger partial charge in [-0.05, 0) is 25.0 Å². The van der Waals surface area contributed by atoms with E-state index in [1.807, 2.05) is 6.07 Å². The number of ether oxygens (including phenoxy) is 2. The maximum atomic E-state index is 12.0. The van der Waals surface area contributed by atoms with Gasteiger partial charge >= 0.3 is 6.09 Å². The zero-order valence-electron chi connectivity index (χ0n) is 10.5. The molecule has 0 spiro atoms. The molecule has 5 heteroatoms. The molecule has 1 amide bonds. The first-order valence-corrected chi connectivity index (χ1v) is 6.06. The van der Waals surface area contributed by atoms with Crippen molar-refractivity contribution in [3.05, 3.63) is 24.3 Å². The quantitative estimate of drug-likeness (QED) is 0.866. The number of carbonyl (C=O) groups excluding carboxylic acids is 1. The number of rotatable bonds is 2. The van der Waals surface area contributed by atoms with Gasteiger partial charge in [-0.25, -0.2) is 4.79 Å². The Morgan fingerprint density at radius 2 is 2.11 bits per heavy atom. The van der Waals surface area contributed by atoms with Gasteiger partial charge in [0, 0.05) is 19.1 Å². The lowest BCUT2D eigenvalue weighted by Crippen LogP contribution is -2.46. The zero-order valence-corrected chi connectivity index (χ0v) is 10.5. The molecule has 1 aliphatic heterocycles. The van der Waals surface area contributed by atoms with Gasteiger partial charge in [0.25, 0.3) is 0 Å². The molecule has 1 unspecified atom stereocenters. The Kier molecular flexibility index (Phi) is 4.04. The molecule has 2 rings (SSSR count). The van der Waals surface area contributed by atoms with Crippen LogP contribution in [0.1, 0.15) is 12.8 Å². The molecule has 1 atom stereocenters. The second-order valence-corrected chi connectivity index (χ2v) is 4.37. The number of benzene rings is 1. The Bertz CT molecular complexity index is 422. The summed E-state index contributed by atoms with van der Waals surface area (Å²) >= 11 is 0. The SMILES string of the molecule is COc1ccccc1OC(=O)N1CCCC(N)C1. The van der Waals surface area contributed by atoms with Crippen molar-refractivity contribution in [2.45, 2.75) is 18.9 Å². The van der Waals surface area contributed by atoms with Gasteiger partial charge in [-0.3, -0.25) is 0 Å². The number of para-hydroxylation sites is 2. The number of likely N-dealkylation sites (tertiary alicyclic amines) is 1. The van der Waals surface area contributed by atoms with E-state index < -0.39 is 0 Å². The Balaban J connectivity index is 2.02. The highest BCUT2D eigenvalue weighted by Gasteiger charge is 2.23. The number of nitrogens with zero attached hydrogens (tertiary/aromatic N) is 1. The smallest absolute Gasteiger partial charge is 0.415 e. The van der Waals surface area contributed by atoms with Crippen molar-refractivity contribution in [1.29, 1.82) is 0 Å².